The zero-order valence-corrected chi connectivity index (χ0v) is 14.8. The molecule has 0 aliphatic heterocycles. The Morgan fingerprint density at radius 1 is 0.862 bits per heavy atom. The van der Waals surface area contributed by atoms with E-state index in [1.807, 2.05) is 0 Å². The summed E-state index contributed by atoms with van der Waals surface area (Å²) >= 11 is 0. The topological polar surface area (TPSA) is 85.9 Å². The predicted octanol–water partition coefficient (Wildman–Crippen LogP) is 3.74. The Kier molecular flexibility index (Phi) is 4.59. The molecule has 0 aliphatic carbocycles. The lowest BCUT2D eigenvalue weighted by Gasteiger charge is -2.12. The van der Waals surface area contributed by atoms with Gasteiger partial charge in [0.15, 0.2) is 0 Å². The maximum atomic E-state index is 14.7. The normalized spacial score (nSPS) is 10.9. The lowest BCUT2D eigenvalue weighted by molar-refractivity contribution is -0.368. The number of benzene rings is 3. The molecule has 144 valence electrons. The molecule has 4 aromatic rings. The van der Waals surface area contributed by atoms with Crippen LogP contribution in [0.3, 0.4) is 0 Å². The largest absolute Gasteiger partial charge is 0.360 e. The minimum Gasteiger partial charge on any atom is -0.360 e. The number of halogens is 3. The second kappa shape index (κ2) is 7.23. The lowest BCUT2D eigenvalue weighted by atomic mass is 9.93. The molecule has 1 amide bonds. The molecule has 8 heteroatoms. The summed E-state index contributed by atoms with van der Waals surface area (Å²) in [5.74, 6) is -2.03. The van der Waals surface area contributed by atoms with E-state index in [9.17, 15) is 18.0 Å². The van der Waals surface area contributed by atoms with E-state index in [1.54, 1.807) is 6.07 Å². The lowest BCUT2D eigenvalue weighted by Crippen LogP contribution is -2.22. The Labute approximate surface area is 163 Å². The van der Waals surface area contributed by atoms with Gasteiger partial charge in [-0.3, -0.25) is 4.79 Å². The van der Waals surface area contributed by atoms with Crippen molar-refractivity contribution in [3.63, 3.8) is 0 Å². The number of nitrogens with one attached hydrogen (secondary N) is 2. The summed E-state index contributed by atoms with van der Waals surface area (Å²) in [5, 5.41) is 6.43. The number of nitrogens with two attached hydrogens (primary N) is 1. The number of nitrogens with zero attached hydrogens (tertiary/aromatic N) is 1. The Morgan fingerprint density at radius 2 is 1.66 bits per heavy atom. The maximum absolute atomic E-state index is 14.7. The summed E-state index contributed by atoms with van der Waals surface area (Å²) in [7, 11) is 0. The van der Waals surface area contributed by atoms with Gasteiger partial charge in [-0.1, -0.05) is 18.2 Å². The standard InChI is InChI=1S/C21H13F3N4O/c22-13-3-1-2-11(8-13)16-10-14(23)5-6-15(16)17-9-12(4-7-18(17)24)20-26-21(19(25)29)28-27-20/h1-10H,(H2,25,29)(H,26,27,28)/p+1. The van der Waals surface area contributed by atoms with Crippen LogP contribution in [0.1, 0.15) is 10.6 Å². The number of hydrogen-bond donors (Lipinski definition) is 2. The summed E-state index contributed by atoms with van der Waals surface area (Å²) in [6.07, 6.45) is 0. The van der Waals surface area contributed by atoms with Gasteiger partial charge in [0.25, 0.3) is 0 Å². The molecule has 4 rings (SSSR count). The molecule has 1 heterocycles. The Morgan fingerprint density at radius 3 is 2.38 bits per heavy atom. The molecule has 0 atom stereocenters. The van der Waals surface area contributed by atoms with Crippen LogP contribution in [0.5, 0.6) is 0 Å². The zero-order valence-electron chi connectivity index (χ0n) is 14.8. The molecule has 0 saturated carbocycles. The first-order valence-electron chi connectivity index (χ1n) is 8.55. The monoisotopic (exact) mass is 395 g/mol. The van der Waals surface area contributed by atoms with Crippen molar-refractivity contribution in [2.24, 2.45) is 5.73 Å². The fraction of sp³-hybridized carbons (Fsp3) is 0. The highest BCUT2D eigenvalue weighted by atomic mass is 19.1. The van der Waals surface area contributed by atoms with Crippen molar-refractivity contribution in [1.82, 2.24) is 10.2 Å². The molecule has 0 unspecified atom stereocenters. The molecular weight excluding hydrogens is 381 g/mol. The van der Waals surface area contributed by atoms with Crippen molar-refractivity contribution in [2.75, 3.05) is 0 Å². The number of aromatic nitrogens is 3. The van der Waals surface area contributed by atoms with Gasteiger partial charge in [0, 0.05) is 10.7 Å². The molecule has 5 nitrogen and oxygen atoms in total. The second-order valence-electron chi connectivity index (χ2n) is 6.33. The quantitative estimate of drug-likeness (QED) is 0.552. The number of aromatic amines is 2. The summed E-state index contributed by atoms with van der Waals surface area (Å²) < 4.78 is 42.3. The highest BCUT2D eigenvalue weighted by Gasteiger charge is 2.20. The highest BCUT2D eigenvalue weighted by Crippen LogP contribution is 2.36. The van der Waals surface area contributed by atoms with Crippen LogP contribution >= 0.6 is 0 Å². The minimum atomic E-state index is -0.724. The van der Waals surface area contributed by atoms with Gasteiger partial charge in [-0.2, -0.15) is 0 Å². The first-order chi connectivity index (χ1) is 13.9. The number of hydrogen-bond acceptors (Lipinski definition) is 2. The average molecular weight is 395 g/mol. The van der Waals surface area contributed by atoms with Crippen LogP contribution in [0.25, 0.3) is 33.6 Å². The van der Waals surface area contributed by atoms with Crippen molar-refractivity contribution in [3.05, 3.63) is 83.9 Å². The van der Waals surface area contributed by atoms with Gasteiger partial charge in [-0.25, -0.2) is 18.2 Å². The molecule has 0 radical (unpaired) electrons. The van der Waals surface area contributed by atoms with Gasteiger partial charge >= 0.3 is 17.6 Å². The van der Waals surface area contributed by atoms with E-state index in [2.05, 4.69) is 15.2 Å². The summed E-state index contributed by atoms with van der Waals surface area (Å²) in [6.45, 7) is 0. The van der Waals surface area contributed by atoms with Crippen LogP contribution in [0, 0.1) is 17.5 Å². The van der Waals surface area contributed by atoms with Crippen LogP contribution in [0.2, 0.25) is 0 Å². The van der Waals surface area contributed by atoms with Crippen molar-refractivity contribution in [3.8, 4) is 33.6 Å². The van der Waals surface area contributed by atoms with Crippen LogP contribution in [-0.4, -0.2) is 16.1 Å². The number of carbonyl (C=O) groups excluding carboxylic acids is 1. The van der Waals surface area contributed by atoms with E-state index < -0.39 is 23.4 Å². The third kappa shape index (κ3) is 3.60. The van der Waals surface area contributed by atoms with E-state index >= 15 is 0 Å². The summed E-state index contributed by atoms with van der Waals surface area (Å²) in [4.78, 5) is 14.0. The maximum Gasteiger partial charge on any atom is 0.321 e. The van der Waals surface area contributed by atoms with E-state index in [-0.39, 0.29) is 17.2 Å². The second-order valence-corrected chi connectivity index (χ2v) is 6.33. The Hall–Kier alpha value is -3.94. The van der Waals surface area contributed by atoms with Gasteiger partial charge < -0.3 is 5.73 Å². The van der Waals surface area contributed by atoms with Crippen molar-refractivity contribution in [2.45, 2.75) is 0 Å². The van der Waals surface area contributed by atoms with Gasteiger partial charge in [0.1, 0.15) is 17.5 Å². The smallest absolute Gasteiger partial charge is 0.321 e. The third-order valence-corrected chi connectivity index (χ3v) is 4.42. The Balaban J connectivity index is 1.88. The van der Waals surface area contributed by atoms with Crippen molar-refractivity contribution < 1.29 is 22.9 Å². The van der Waals surface area contributed by atoms with Crippen LogP contribution < -0.4 is 10.7 Å². The average Bonchev–Trinajstić information content (AvgIpc) is 3.19. The molecule has 0 saturated heterocycles. The molecule has 0 aliphatic rings. The summed E-state index contributed by atoms with van der Waals surface area (Å²) in [5.41, 5.74) is 6.95. The molecular formula is C21H14F3N4O+. The number of amides is 1. The van der Waals surface area contributed by atoms with Gasteiger partial charge in [-0.15, -0.1) is 5.10 Å². The molecule has 0 fully saturated rings. The number of primary amides is 1. The van der Waals surface area contributed by atoms with Crippen LogP contribution in [0.15, 0.2) is 60.7 Å². The summed E-state index contributed by atoms with van der Waals surface area (Å²) in [6, 6.07) is 13.7. The van der Waals surface area contributed by atoms with E-state index in [0.717, 1.165) is 0 Å². The van der Waals surface area contributed by atoms with Gasteiger partial charge in [-0.05, 0) is 59.2 Å². The SMILES string of the molecule is NC(=O)c1[nH]nc(-c2ccc(F)c(-c3ccc(F)cc3-c3cccc(F)c3)c2)[nH+]1. The van der Waals surface area contributed by atoms with Crippen LogP contribution in [0.4, 0.5) is 13.2 Å². The van der Waals surface area contributed by atoms with Crippen LogP contribution in [-0.2, 0) is 0 Å². The number of rotatable bonds is 4. The molecule has 3 aromatic carbocycles. The molecule has 4 N–H and O–H groups in total. The zero-order chi connectivity index (χ0) is 20.5. The van der Waals surface area contributed by atoms with Gasteiger partial charge in [0.2, 0.25) is 0 Å². The molecule has 0 spiro atoms. The highest BCUT2D eigenvalue weighted by molar-refractivity contribution is 5.87. The minimum absolute atomic E-state index is 0.00638. The number of H-pyrrole nitrogens is 2. The first-order valence-corrected chi connectivity index (χ1v) is 8.55. The molecule has 1 aromatic heterocycles. The third-order valence-electron chi connectivity index (χ3n) is 4.42. The fourth-order valence-corrected chi connectivity index (χ4v) is 3.06. The van der Waals surface area contributed by atoms with E-state index in [4.69, 9.17) is 5.73 Å². The number of carbonyl (C=O) groups is 1. The molecule has 29 heavy (non-hydrogen) atoms. The predicted molar refractivity (Wildman–Crippen MR) is 99.8 cm³/mol. The van der Waals surface area contributed by atoms with Crippen molar-refractivity contribution >= 4 is 5.91 Å². The fourth-order valence-electron chi connectivity index (χ4n) is 3.06. The first kappa shape index (κ1) is 18.4. The van der Waals surface area contributed by atoms with E-state index in [1.165, 1.54) is 54.6 Å². The molecule has 0 bridgehead atoms. The van der Waals surface area contributed by atoms with E-state index in [0.29, 0.717) is 22.3 Å². The van der Waals surface area contributed by atoms with Gasteiger partial charge in [0.05, 0.1) is 5.56 Å². The van der Waals surface area contributed by atoms with Crippen molar-refractivity contribution in [1.29, 1.82) is 0 Å². The Bertz CT molecular complexity index is 1240.